The van der Waals surface area contributed by atoms with Gasteiger partial charge in [0.15, 0.2) is 0 Å². The fourth-order valence-electron chi connectivity index (χ4n) is 3.65. The van der Waals surface area contributed by atoms with Gasteiger partial charge >= 0.3 is 0 Å². The molecule has 2 atom stereocenters. The van der Waals surface area contributed by atoms with Crippen LogP contribution in [0.3, 0.4) is 0 Å². The number of halogens is 1. The van der Waals surface area contributed by atoms with Crippen LogP contribution in [0.2, 0.25) is 0 Å². The molecule has 1 amide bonds. The Labute approximate surface area is 140 Å². The molecule has 0 aliphatic carbocycles. The molecular weight excluding hydrogens is 342 g/mol. The Morgan fingerprint density at radius 2 is 2.05 bits per heavy atom. The number of nitrogens with zero attached hydrogens (tertiary/aromatic N) is 1. The van der Waals surface area contributed by atoms with Crippen molar-refractivity contribution in [2.24, 2.45) is 0 Å². The smallest absolute Gasteiger partial charge is 0.238 e. The first-order valence-electron chi connectivity index (χ1n) is 8.03. The summed E-state index contributed by atoms with van der Waals surface area (Å²) in [5, 5.41) is 6.65. The molecule has 1 aromatic carbocycles. The number of carbonyl (C=O) groups excluding carboxylic acids is 1. The highest BCUT2D eigenvalue weighted by atomic mass is 79.9. The van der Waals surface area contributed by atoms with Crippen molar-refractivity contribution in [3.8, 4) is 0 Å². The summed E-state index contributed by atoms with van der Waals surface area (Å²) in [6, 6.07) is 7.80. The van der Waals surface area contributed by atoms with E-state index in [1.165, 1.54) is 18.4 Å². The van der Waals surface area contributed by atoms with E-state index >= 15 is 0 Å². The van der Waals surface area contributed by atoms with E-state index in [1.54, 1.807) is 0 Å². The van der Waals surface area contributed by atoms with Crippen molar-refractivity contribution in [2.75, 3.05) is 18.9 Å². The average molecular weight is 366 g/mol. The SMILES string of the molecule is Cc1ccc(NC(=O)CN(C)C2CC3CCC(C2)N3)c(Br)c1. The summed E-state index contributed by atoms with van der Waals surface area (Å²) in [7, 11) is 2.07. The van der Waals surface area contributed by atoms with E-state index in [4.69, 9.17) is 0 Å². The van der Waals surface area contributed by atoms with Gasteiger partial charge in [-0.1, -0.05) is 6.07 Å². The van der Waals surface area contributed by atoms with E-state index in [9.17, 15) is 4.79 Å². The second-order valence-electron chi connectivity index (χ2n) is 6.71. The third-order valence-electron chi connectivity index (χ3n) is 4.86. The van der Waals surface area contributed by atoms with Crippen LogP contribution in [0.4, 0.5) is 5.69 Å². The van der Waals surface area contributed by atoms with Crippen LogP contribution in [0.1, 0.15) is 31.2 Å². The highest BCUT2D eigenvalue weighted by Crippen LogP contribution is 2.29. The van der Waals surface area contributed by atoms with Crippen molar-refractivity contribution in [3.63, 3.8) is 0 Å². The Kier molecular flexibility index (Phi) is 4.85. The van der Waals surface area contributed by atoms with Crippen LogP contribution >= 0.6 is 15.9 Å². The zero-order valence-corrected chi connectivity index (χ0v) is 14.8. The molecular formula is C17H24BrN3O. The van der Waals surface area contributed by atoms with Crippen LogP contribution in [0, 0.1) is 6.92 Å². The molecule has 2 unspecified atom stereocenters. The van der Waals surface area contributed by atoms with Crippen LogP contribution in [0.25, 0.3) is 0 Å². The van der Waals surface area contributed by atoms with Gasteiger partial charge in [-0.3, -0.25) is 9.69 Å². The highest BCUT2D eigenvalue weighted by Gasteiger charge is 2.35. The predicted molar refractivity (Wildman–Crippen MR) is 93.1 cm³/mol. The molecule has 22 heavy (non-hydrogen) atoms. The van der Waals surface area contributed by atoms with Gasteiger partial charge in [0.2, 0.25) is 5.91 Å². The van der Waals surface area contributed by atoms with Crippen molar-refractivity contribution in [1.29, 1.82) is 0 Å². The van der Waals surface area contributed by atoms with Gasteiger partial charge in [0.1, 0.15) is 0 Å². The van der Waals surface area contributed by atoms with Gasteiger partial charge < -0.3 is 10.6 Å². The summed E-state index contributed by atoms with van der Waals surface area (Å²) in [5.74, 6) is 0.0536. The number of nitrogens with one attached hydrogen (secondary N) is 2. The molecule has 0 aromatic heterocycles. The monoisotopic (exact) mass is 365 g/mol. The van der Waals surface area contributed by atoms with Crippen LogP contribution in [-0.2, 0) is 4.79 Å². The van der Waals surface area contributed by atoms with Crippen molar-refractivity contribution in [3.05, 3.63) is 28.2 Å². The van der Waals surface area contributed by atoms with Gasteiger partial charge in [-0.05, 0) is 73.3 Å². The maximum Gasteiger partial charge on any atom is 0.238 e. The number of anilines is 1. The predicted octanol–water partition coefficient (Wildman–Crippen LogP) is 2.91. The minimum Gasteiger partial charge on any atom is -0.324 e. The lowest BCUT2D eigenvalue weighted by Crippen LogP contribution is -2.48. The molecule has 3 rings (SSSR count). The van der Waals surface area contributed by atoms with Crippen molar-refractivity contribution >= 4 is 27.5 Å². The summed E-state index contributed by atoms with van der Waals surface area (Å²) in [5.41, 5.74) is 2.02. The number of hydrogen-bond acceptors (Lipinski definition) is 3. The van der Waals surface area contributed by atoms with E-state index in [0.29, 0.717) is 24.7 Å². The zero-order valence-electron chi connectivity index (χ0n) is 13.2. The number of amides is 1. The minimum atomic E-state index is 0.0536. The first kappa shape index (κ1) is 16.0. The average Bonchev–Trinajstić information content (AvgIpc) is 2.80. The molecule has 2 N–H and O–H groups in total. The Balaban J connectivity index is 1.55. The van der Waals surface area contributed by atoms with Gasteiger partial charge in [0, 0.05) is 22.6 Å². The number of hydrogen-bond donors (Lipinski definition) is 2. The molecule has 0 radical (unpaired) electrons. The van der Waals surface area contributed by atoms with E-state index in [0.717, 1.165) is 23.0 Å². The van der Waals surface area contributed by atoms with Crippen LogP contribution in [-0.4, -0.2) is 42.5 Å². The van der Waals surface area contributed by atoms with Gasteiger partial charge in [-0.2, -0.15) is 0 Å². The molecule has 2 aliphatic heterocycles. The first-order valence-corrected chi connectivity index (χ1v) is 8.83. The molecule has 120 valence electrons. The Morgan fingerprint density at radius 1 is 1.36 bits per heavy atom. The maximum absolute atomic E-state index is 12.3. The topological polar surface area (TPSA) is 44.4 Å². The number of likely N-dealkylation sites (N-methyl/N-ethyl adjacent to an activating group) is 1. The summed E-state index contributed by atoms with van der Waals surface area (Å²) in [4.78, 5) is 14.5. The van der Waals surface area contributed by atoms with Crippen LogP contribution < -0.4 is 10.6 Å². The lowest BCUT2D eigenvalue weighted by atomic mass is 9.98. The second-order valence-corrected chi connectivity index (χ2v) is 7.56. The third-order valence-corrected chi connectivity index (χ3v) is 5.52. The quantitative estimate of drug-likeness (QED) is 0.861. The molecule has 0 spiro atoms. The molecule has 2 heterocycles. The van der Waals surface area contributed by atoms with Gasteiger partial charge in [-0.25, -0.2) is 0 Å². The molecule has 1 aromatic rings. The standard InChI is InChI=1S/C17H24BrN3O/c1-11-3-6-16(15(18)7-11)20-17(22)10-21(2)14-8-12-4-5-13(9-14)19-12/h3,6-7,12-14,19H,4-5,8-10H2,1-2H3,(H,20,22). The van der Waals surface area contributed by atoms with Crippen LogP contribution in [0.5, 0.6) is 0 Å². The summed E-state index contributed by atoms with van der Waals surface area (Å²) in [6.45, 7) is 2.49. The van der Waals surface area contributed by atoms with Crippen LogP contribution in [0.15, 0.2) is 22.7 Å². The van der Waals surface area contributed by atoms with E-state index in [1.807, 2.05) is 25.1 Å². The summed E-state index contributed by atoms with van der Waals surface area (Å²) >= 11 is 3.51. The summed E-state index contributed by atoms with van der Waals surface area (Å²) < 4.78 is 0.934. The highest BCUT2D eigenvalue weighted by molar-refractivity contribution is 9.10. The number of benzene rings is 1. The van der Waals surface area contributed by atoms with Crippen molar-refractivity contribution in [2.45, 2.75) is 50.7 Å². The number of carbonyl (C=O) groups is 1. The van der Waals surface area contributed by atoms with Crippen molar-refractivity contribution < 1.29 is 4.79 Å². The lowest BCUT2D eigenvalue weighted by Gasteiger charge is -2.35. The lowest BCUT2D eigenvalue weighted by molar-refractivity contribution is -0.117. The Hall–Kier alpha value is -0.910. The molecule has 2 fully saturated rings. The number of aryl methyl sites for hydroxylation is 1. The molecule has 2 aliphatic rings. The largest absolute Gasteiger partial charge is 0.324 e. The van der Waals surface area contributed by atoms with Gasteiger partial charge in [0.25, 0.3) is 0 Å². The molecule has 0 saturated carbocycles. The fraction of sp³-hybridized carbons (Fsp3) is 0.588. The third kappa shape index (κ3) is 3.70. The van der Waals surface area contributed by atoms with E-state index in [2.05, 4.69) is 38.5 Å². The summed E-state index contributed by atoms with van der Waals surface area (Å²) in [6.07, 6.45) is 4.90. The molecule has 4 nitrogen and oxygen atoms in total. The molecule has 5 heteroatoms. The number of rotatable bonds is 4. The minimum absolute atomic E-state index is 0.0536. The van der Waals surface area contributed by atoms with Gasteiger partial charge in [0.05, 0.1) is 12.2 Å². The van der Waals surface area contributed by atoms with E-state index < -0.39 is 0 Å². The number of fused-ring (bicyclic) bond motifs is 2. The molecule has 2 saturated heterocycles. The Bertz CT molecular complexity index is 551. The maximum atomic E-state index is 12.3. The van der Waals surface area contributed by atoms with Crippen molar-refractivity contribution in [1.82, 2.24) is 10.2 Å². The normalized spacial score (nSPS) is 27.2. The molecule has 2 bridgehead atoms. The number of piperidine rings is 1. The second kappa shape index (κ2) is 6.69. The fourth-order valence-corrected chi connectivity index (χ4v) is 4.25. The zero-order chi connectivity index (χ0) is 15.7. The Morgan fingerprint density at radius 3 is 2.68 bits per heavy atom. The van der Waals surface area contributed by atoms with E-state index in [-0.39, 0.29) is 5.91 Å². The van der Waals surface area contributed by atoms with Gasteiger partial charge in [-0.15, -0.1) is 0 Å². The first-order chi connectivity index (χ1) is 10.5.